The van der Waals surface area contributed by atoms with Gasteiger partial charge in [0.1, 0.15) is 0 Å². The van der Waals surface area contributed by atoms with Gasteiger partial charge in [-0.25, -0.2) is 8.42 Å². The van der Waals surface area contributed by atoms with Gasteiger partial charge < -0.3 is 5.32 Å². The Bertz CT molecular complexity index is 1290. The third-order valence-electron chi connectivity index (χ3n) is 6.34. The molecular weight excluding hydrogens is 436 g/mol. The maximum Gasteiger partial charge on any atom is 0.243 e. The molecule has 1 N–H and O–H groups in total. The molecule has 0 aromatic heterocycles. The molecule has 1 fully saturated rings. The summed E-state index contributed by atoms with van der Waals surface area (Å²) in [4.78, 5) is 24.6. The molecule has 6 nitrogen and oxygen atoms in total. The third-order valence-corrected chi connectivity index (χ3v) is 8.23. The molecule has 172 valence electrons. The molecule has 1 amide bonds. The number of nitrogens with one attached hydrogen (secondary N) is 1. The fraction of sp³-hybridized carbons (Fsp3) is 0.308. The highest BCUT2D eigenvalue weighted by atomic mass is 32.2. The molecule has 0 saturated carbocycles. The van der Waals surface area contributed by atoms with Gasteiger partial charge in [0.2, 0.25) is 15.9 Å². The van der Waals surface area contributed by atoms with Crippen molar-refractivity contribution in [3.05, 3.63) is 77.9 Å². The number of nitrogens with zero attached hydrogens (tertiary/aromatic N) is 1. The number of hydrogen-bond acceptors (Lipinski definition) is 4. The van der Waals surface area contributed by atoms with Crippen LogP contribution >= 0.6 is 0 Å². The fourth-order valence-corrected chi connectivity index (χ4v) is 5.79. The van der Waals surface area contributed by atoms with Crippen LogP contribution < -0.4 is 5.32 Å². The van der Waals surface area contributed by atoms with Crippen molar-refractivity contribution in [2.75, 3.05) is 13.1 Å². The molecule has 0 unspecified atom stereocenters. The summed E-state index contributed by atoms with van der Waals surface area (Å²) in [7, 11) is -3.70. The number of ketones is 1. The molecule has 0 bridgehead atoms. The van der Waals surface area contributed by atoms with Gasteiger partial charge in [-0.15, -0.1) is 0 Å². The van der Waals surface area contributed by atoms with E-state index in [1.54, 1.807) is 12.1 Å². The molecule has 3 aromatic carbocycles. The summed E-state index contributed by atoms with van der Waals surface area (Å²) in [6.45, 7) is 3.92. The minimum atomic E-state index is -3.70. The summed E-state index contributed by atoms with van der Waals surface area (Å²) in [5, 5.41) is 5.37. The molecule has 33 heavy (non-hydrogen) atoms. The monoisotopic (exact) mass is 464 g/mol. The van der Waals surface area contributed by atoms with Crippen molar-refractivity contribution >= 4 is 32.5 Å². The van der Waals surface area contributed by atoms with Crippen LogP contribution in [0.3, 0.4) is 0 Å². The number of benzene rings is 3. The third kappa shape index (κ3) is 4.99. The Morgan fingerprint density at radius 2 is 1.64 bits per heavy atom. The van der Waals surface area contributed by atoms with Crippen LogP contribution in [0.15, 0.2) is 71.6 Å². The number of Topliss-reactive ketones (excluding diaryl/α,β-unsaturated/α-hetero) is 1. The van der Waals surface area contributed by atoms with Gasteiger partial charge in [-0.2, -0.15) is 4.31 Å². The van der Waals surface area contributed by atoms with Crippen molar-refractivity contribution in [2.24, 2.45) is 5.92 Å². The van der Waals surface area contributed by atoms with Gasteiger partial charge in [-0.05, 0) is 61.2 Å². The zero-order valence-corrected chi connectivity index (χ0v) is 19.6. The molecule has 1 aliphatic heterocycles. The standard InChI is InChI=1S/C26H28N2O4S/c1-18(22-11-10-20-6-3-4-7-24(20)16-22)27-26(30)21-12-14-28(15-13-21)33(31,32)25-9-5-8-23(17-25)19(2)29/h3-11,16-18,21H,12-15H2,1-2H3,(H,27,30)/t18-/m1/s1. The lowest BCUT2D eigenvalue weighted by atomic mass is 9.96. The van der Waals surface area contributed by atoms with Crippen molar-refractivity contribution in [1.29, 1.82) is 0 Å². The number of carbonyl (C=O) groups excluding carboxylic acids is 2. The Labute approximate surface area is 194 Å². The summed E-state index contributed by atoms with van der Waals surface area (Å²) in [5.41, 5.74) is 1.40. The largest absolute Gasteiger partial charge is 0.349 e. The number of amides is 1. The predicted octanol–water partition coefficient (Wildman–Crippen LogP) is 4.32. The molecule has 1 atom stereocenters. The summed E-state index contributed by atoms with van der Waals surface area (Å²) < 4.78 is 27.5. The summed E-state index contributed by atoms with van der Waals surface area (Å²) in [6, 6.07) is 20.2. The zero-order valence-electron chi connectivity index (χ0n) is 18.8. The molecule has 0 radical (unpaired) electrons. The average Bonchev–Trinajstić information content (AvgIpc) is 2.83. The maximum atomic E-state index is 13.0. The van der Waals surface area contributed by atoms with Gasteiger partial charge in [0.15, 0.2) is 5.78 Å². The van der Waals surface area contributed by atoms with Crippen LogP contribution in [0.4, 0.5) is 0 Å². The summed E-state index contributed by atoms with van der Waals surface area (Å²) in [6.07, 6.45) is 0.920. The highest BCUT2D eigenvalue weighted by Gasteiger charge is 2.32. The summed E-state index contributed by atoms with van der Waals surface area (Å²) >= 11 is 0. The molecule has 3 aromatic rings. The van der Waals surface area contributed by atoms with Crippen molar-refractivity contribution in [2.45, 2.75) is 37.6 Å². The van der Waals surface area contributed by atoms with Gasteiger partial charge in [0.05, 0.1) is 10.9 Å². The molecular formula is C26H28N2O4S. The maximum absolute atomic E-state index is 13.0. The van der Waals surface area contributed by atoms with Gasteiger partial charge >= 0.3 is 0 Å². The van der Waals surface area contributed by atoms with Crippen molar-refractivity contribution in [3.63, 3.8) is 0 Å². The van der Waals surface area contributed by atoms with E-state index in [9.17, 15) is 18.0 Å². The fourth-order valence-electron chi connectivity index (χ4n) is 4.27. The SMILES string of the molecule is CC(=O)c1cccc(S(=O)(=O)N2CCC(C(=O)N[C@H](C)c3ccc4ccccc4c3)CC2)c1. The minimum absolute atomic E-state index is 0.0497. The van der Waals surface area contributed by atoms with Gasteiger partial charge in [0, 0.05) is 24.6 Å². The summed E-state index contributed by atoms with van der Waals surface area (Å²) in [5.74, 6) is -0.461. The first kappa shape index (κ1) is 23.1. The van der Waals surface area contributed by atoms with Crippen LogP contribution in [0.1, 0.15) is 48.7 Å². The Hall–Kier alpha value is -3.03. The van der Waals surface area contributed by atoms with E-state index in [-0.39, 0.29) is 41.6 Å². The number of carbonyl (C=O) groups is 2. The van der Waals surface area contributed by atoms with E-state index in [0.717, 1.165) is 16.3 Å². The van der Waals surface area contributed by atoms with Crippen LogP contribution in [0.5, 0.6) is 0 Å². The highest BCUT2D eigenvalue weighted by molar-refractivity contribution is 7.89. The van der Waals surface area contributed by atoms with Crippen molar-refractivity contribution in [3.8, 4) is 0 Å². The van der Waals surface area contributed by atoms with Crippen molar-refractivity contribution in [1.82, 2.24) is 9.62 Å². The van der Waals surface area contributed by atoms with Gasteiger partial charge in [-0.3, -0.25) is 9.59 Å². The quantitative estimate of drug-likeness (QED) is 0.551. The number of sulfonamides is 1. The van der Waals surface area contributed by atoms with E-state index in [1.165, 1.54) is 23.4 Å². The molecule has 7 heteroatoms. The molecule has 0 spiro atoms. The first-order valence-electron chi connectivity index (χ1n) is 11.2. The second kappa shape index (κ2) is 9.45. The normalized spacial score (nSPS) is 16.4. The van der Waals surface area contributed by atoms with Crippen LogP contribution in [0.25, 0.3) is 10.8 Å². The average molecular weight is 465 g/mol. The lowest BCUT2D eigenvalue weighted by molar-refractivity contribution is -0.126. The van der Waals surface area contributed by atoms with E-state index in [1.807, 2.05) is 25.1 Å². The topological polar surface area (TPSA) is 83.6 Å². The molecule has 1 heterocycles. The van der Waals surface area contributed by atoms with Crippen LogP contribution in [0.2, 0.25) is 0 Å². The number of fused-ring (bicyclic) bond motifs is 1. The predicted molar refractivity (Wildman–Crippen MR) is 128 cm³/mol. The Balaban J connectivity index is 1.38. The van der Waals surface area contributed by atoms with E-state index in [0.29, 0.717) is 18.4 Å². The van der Waals surface area contributed by atoms with Crippen LogP contribution in [0, 0.1) is 5.92 Å². The molecule has 0 aliphatic carbocycles. The Morgan fingerprint density at radius 3 is 2.33 bits per heavy atom. The number of piperidine rings is 1. The zero-order chi connectivity index (χ0) is 23.6. The first-order valence-corrected chi connectivity index (χ1v) is 12.6. The van der Waals surface area contributed by atoms with E-state index < -0.39 is 10.0 Å². The minimum Gasteiger partial charge on any atom is -0.349 e. The highest BCUT2D eigenvalue weighted by Crippen LogP contribution is 2.26. The van der Waals surface area contributed by atoms with Gasteiger partial charge in [-0.1, -0.05) is 48.5 Å². The molecule has 1 aliphatic rings. The molecule has 4 rings (SSSR count). The Kier molecular flexibility index (Phi) is 6.63. The number of rotatable bonds is 6. The number of hydrogen-bond donors (Lipinski definition) is 1. The first-order chi connectivity index (χ1) is 15.8. The van der Waals surface area contributed by atoms with Crippen molar-refractivity contribution < 1.29 is 18.0 Å². The second-order valence-corrected chi connectivity index (χ2v) is 10.5. The van der Waals surface area contributed by atoms with E-state index in [4.69, 9.17) is 0 Å². The Morgan fingerprint density at radius 1 is 0.939 bits per heavy atom. The lowest BCUT2D eigenvalue weighted by Crippen LogP contribution is -2.43. The second-order valence-electron chi connectivity index (χ2n) is 8.60. The van der Waals surface area contributed by atoms with Gasteiger partial charge in [0.25, 0.3) is 0 Å². The van der Waals surface area contributed by atoms with Crippen LogP contribution in [-0.4, -0.2) is 37.5 Å². The van der Waals surface area contributed by atoms with Crippen LogP contribution in [-0.2, 0) is 14.8 Å². The van der Waals surface area contributed by atoms with E-state index in [2.05, 4.69) is 29.6 Å². The molecule has 1 saturated heterocycles. The van der Waals surface area contributed by atoms with E-state index >= 15 is 0 Å². The smallest absolute Gasteiger partial charge is 0.243 e. The lowest BCUT2D eigenvalue weighted by Gasteiger charge is -2.31.